The first kappa shape index (κ1) is 27.5. The molecule has 0 radical (unpaired) electrons. The van der Waals surface area contributed by atoms with Crippen LogP contribution in [-0.4, -0.2) is 41.2 Å². The van der Waals surface area contributed by atoms with E-state index in [1.807, 2.05) is 31.4 Å². The van der Waals surface area contributed by atoms with Crippen LogP contribution in [-0.2, 0) is 17.4 Å². The Morgan fingerprint density at radius 2 is 1.78 bits per heavy atom. The summed E-state index contributed by atoms with van der Waals surface area (Å²) < 4.78 is 38.9. The second kappa shape index (κ2) is 11.1. The molecule has 4 rings (SSSR count). The molecule has 196 valence electrons. The molecule has 10 heteroatoms. The Kier molecular flexibility index (Phi) is 8.21. The Morgan fingerprint density at radius 1 is 1.08 bits per heavy atom. The van der Waals surface area contributed by atoms with Gasteiger partial charge in [-0.05, 0) is 71.3 Å². The number of hydrogen-bond donors (Lipinski definition) is 0. The SMILES string of the molecule is CC(C)CN(CC(=O)N1CCc2sccc2C1c1ccc(Cl)cc1Cl)C(=O)c1ccc(C(F)(F)F)cc1. The number of benzene rings is 2. The number of nitrogens with zero attached hydrogens (tertiary/aromatic N) is 2. The first-order valence-electron chi connectivity index (χ1n) is 11.7. The Bertz CT molecular complexity index is 1290. The lowest BCUT2D eigenvalue weighted by Crippen LogP contribution is -2.47. The Labute approximate surface area is 227 Å². The molecule has 2 amide bonds. The average Bonchev–Trinajstić information content (AvgIpc) is 3.31. The predicted molar refractivity (Wildman–Crippen MR) is 140 cm³/mol. The van der Waals surface area contributed by atoms with E-state index >= 15 is 0 Å². The molecule has 0 bridgehead atoms. The Hall–Kier alpha value is -2.55. The van der Waals surface area contributed by atoms with Crippen LogP contribution in [0, 0.1) is 5.92 Å². The average molecular weight is 569 g/mol. The van der Waals surface area contributed by atoms with Crippen molar-refractivity contribution in [3.8, 4) is 0 Å². The predicted octanol–water partition coefficient (Wildman–Crippen LogP) is 7.35. The number of carbonyl (C=O) groups is 2. The van der Waals surface area contributed by atoms with Crippen molar-refractivity contribution in [2.75, 3.05) is 19.6 Å². The Balaban J connectivity index is 1.62. The van der Waals surface area contributed by atoms with Crippen molar-refractivity contribution in [3.05, 3.63) is 91.1 Å². The zero-order valence-electron chi connectivity index (χ0n) is 20.2. The quantitative estimate of drug-likeness (QED) is 0.312. The van der Waals surface area contributed by atoms with Crippen LogP contribution in [0.15, 0.2) is 53.9 Å². The fourth-order valence-corrected chi connectivity index (χ4v) is 5.96. The molecule has 1 aliphatic rings. The van der Waals surface area contributed by atoms with Gasteiger partial charge in [0.05, 0.1) is 11.6 Å². The van der Waals surface area contributed by atoms with Gasteiger partial charge in [0.1, 0.15) is 6.54 Å². The van der Waals surface area contributed by atoms with Gasteiger partial charge in [-0.2, -0.15) is 13.2 Å². The van der Waals surface area contributed by atoms with E-state index in [1.165, 1.54) is 9.78 Å². The third-order valence-corrected chi connectivity index (χ3v) is 7.76. The first-order chi connectivity index (χ1) is 17.5. The van der Waals surface area contributed by atoms with Crippen molar-refractivity contribution >= 4 is 46.4 Å². The highest BCUT2D eigenvalue weighted by Crippen LogP contribution is 2.41. The van der Waals surface area contributed by atoms with Crippen LogP contribution in [0.4, 0.5) is 13.2 Å². The van der Waals surface area contributed by atoms with Gasteiger partial charge in [0.25, 0.3) is 5.91 Å². The van der Waals surface area contributed by atoms with E-state index in [1.54, 1.807) is 28.4 Å². The van der Waals surface area contributed by atoms with Gasteiger partial charge in [-0.25, -0.2) is 0 Å². The van der Waals surface area contributed by atoms with Crippen LogP contribution in [0.25, 0.3) is 0 Å². The maximum absolute atomic E-state index is 13.7. The molecule has 1 atom stereocenters. The summed E-state index contributed by atoms with van der Waals surface area (Å²) in [7, 11) is 0. The summed E-state index contributed by atoms with van der Waals surface area (Å²) >= 11 is 14.3. The number of amides is 2. The molecule has 1 unspecified atom stereocenters. The number of hydrogen-bond acceptors (Lipinski definition) is 3. The van der Waals surface area contributed by atoms with Gasteiger partial charge in [-0.15, -0.1) is 11.3 Å². The highest BCUT2D eigenvalue weighted by Gasteiger charge is 2.35. The summed E-state index contributed by atoms with van der Waals surface area (Å²) in [4.78, 5) is 31.3. The molecular weight excluding hydrogens is 544 g/mol. The number of rotatable bonds is 6. The zero-order valence-corrected chi connectivity index (χ0v) is 22.5. The standard InChI is InChI=1S/C27H25Cl2F3N2O2S/c1-16(2)14-33(26(36)17-3-5-18(6-4-17)27(30,31)32)15-24(35)34-11-9-23-21(10-12-37-23)25(34)20-8-7-19(28)13-22(20)29/h3-8,10,12-13,16,25H,9,11,14-15H2,1-2H3. The normalized spacial score (nSPS) is 15.6. The van der Waals surface area contributed by atoms with Crippen molar-refractivity contribution in [2.45, 2.75) is 32.5 Å². The summed E-state index contributed by atoms with van der Waals surface area (Å²) in [6.45, 7) is 4.33. The van der Waals surface area contributed by atoms with Crippen LogP contribution in [0.5, 0.6) is 0 Å². The summed E-state index contributed by atoms with van der Waals surface area (Å²) in [6.07, 6.45) is -3.82. The second-order valence-electron chi connectivity index (χ2n) is 9.36. The molecule has 2 heterocycles. The largest absolute Gasteiger partial charge is 0.416 e. The molecule has 37 heavy (non-hydrogen) atoms. The van der Waals surface area contributed by atoms with Crippen LogP contribution in [0.1, 0.15) is 51.8 Å². The maximum atomic E-state index is 13.7. The zero-order chi connectivity index (χ0) is 26.9. The number of alkyl halides is 3. The molecule has 0 N–H and O–H groups in total. The Morgan fingerprint density at radius 3 is 2.41 bits per heavy atom. The van der Waals surface area contributed by atoms with Gasteiger partial charge >= 0.3 is 6.18 Å². The second-order valence-corrected chi connectivity index (χ2v) is 11.2. The molecule has 1 aromatic heterocycles. The van der Waals surface area contributed by atoms with Gasteiger partial charge in [-0.1, -0.05) is 43.1 Å². The third kappa shape index (κ3) is 6.13. The summed E-state index contributed by atoms with van der Waals surface area (Å²) in [5.41, 5.74) is 0.983. The fourth-order valence-electron chi connectivity index (χ4n) is 4.54. The lowest BCUT2D eigenvalue weighted by molar-refractivity contribution is -0.137. The number of fused-ring (bicyclic) bond motifs is 1. The van der Waals surface area contributed by atoms with Crippen molar-refractivity contribution in [1.29, 1.82) is 0 Å². The fraction of sp³-hybridized carbons (Fsp3) is 0.333. The van der Waals surface area contributed by atoms with E-state index in [4.69, 9.17) is 23.2 Å². The van der Waals surface area contributed by atoms with Crippen molar-refractivity contribution in [2.24, 2.45) is 5.92 Å². The lowest BCUT2D eigenvalue weighted by atomic mass is 9.93. The lowest BCUT2D eigenvalue weighted by Gasteiger charge is -2.38. The molecule has 0 saturated heterocycles. The van der Waals surface area contributed by atoms with Crippen LogP contribution >= 0.6 is 34.5 Å². The molecule has 0 spiro atoms. The van der Waals surface area contributed by atoms with Crippen molar-refractivity contribution in [1.82, 2.24) is 9.80 Å². The molecule has 2 aromatic carbocycles. The molecule has 0 aliphatic carbocycles. The van der Waals surface area contributed by atoms with Crippen LogP contribution in [0.3, 0.4) is 0 Å². The number of halogens is 5. The molecule has 0 saturated carbocycles. The number of carbonyl (C=O) groups excluding carboxylic acids is 2. The van der Waals surface area contributed by atoms with Gasteiger partial charge < -0.3 is 9.80 Å². The minimum atomic E-state index is -4.50. The molecule has 3 aromatic rings. The summed E-state index contributed by atoms with van der Waals surface area (Å²) in [6, 6.07) is 10.8. The van der Waals surface area contributed by atoms with E-state index in [9.17, 15) is 22.8 Å². The van der Waals surface area contributed by atoms with Crippen LogP contribution in [0.2, 0.25) is 10.0 Å². The van der Waals surface area contributed by atoms with Gasteiger partial charge in [0.15, 0.2) is 0 Å². The highest BCUT2D eigenvalue weighted by molar-refractivity contribution is 7.10. The van der Waals surface area contributed by atoms with Gasteiger partial charge in [-0.3, -0.25) is 9.59 Å². The van der Waals surface area contributed by atoms with E-state index in [0.29, 0.717) is 23.0 Å². The van der Waals surface area contributed by atoms with E-state index in [-0.39, 0.29) is 30.5 Å². The monoisotopic (exact) mass is 568 g/mol. The third-order valence-electron chi connectivity index (χ3n) is 6.20. The van der Waals surface area contributed by atoms with Gasteiger partial charge in [0, 0.05) is 33.6 Å². The highest BCUT2D eigenvalue weighted by atomic mass is 35.5. The molecule has 0 fully saturated rings. The van der Waals surface area contributed by atoms with Crippen molar-refractivity contribution in [3.63, 3.8) is 0 Å². The number of thiophene rings is 1. The van der Waals surface area contributed by atoms with Gasteiger partial charge in [0.2, 0.25) is 5.91 Å². The van der Waals surface area contributed by atoms with E-state index in [0.717, 1.165) is 35.4 Å². The van der Waals surface area contributed by atoms with Crippen LogP contribution < -0.4 is 0 Å². The first-order valence-corrected chi connectivity index (χ1v) is 13.4. The maximum Gasteiger partial charge on any atom is 0.416 e. The smallest absolute Gasteiger partial charge is 0.330 e. The summed E-state index contributed by atoms with van der Waals surface area (Å²) in [5, 5.41) is 2.90. The summed E-state index contributed by atoms with van der Waals surface area (Å²) in [5.74, 6) is -0.726. The molecule has 4 nitrogen and oxygen atoms in total. The van der Waals surface area contributed by atoms with E-state index in [2.05, 4.69) is 0 Å². The molecular formula is C27H25Cl2F3N2O2S. The minimum Gasteiger partial charge on any atom is -0.330 e. The minimum absolute atomic E-state index is 0.0394. The van der Waals surface area contributed by atoms with Crippen molar-refractivity contribution < 1.29 is 22.8 Å². The van der Waals surface area contributed by atoms with E-state index < -0.39 is 23.7 Å². The molecule has 1 aliphatic heterocycles. The topological polar surface area (TPSA) is 40.6 Å².